The summed E-state index contributed by atoms with van der Waals surface area (Å²) in [6, 6.07) is 12.1. The third-order valence-electron chi connectivity index (χ3n) is 5.11. The van der Waals surface area contributed by atoms with Gasteiger partial charge in [-0.3, -0.25) is 14.5 Å². The predicted molar refractivity (Wildman–Crippen MR) is 128 cm³/mol. The molecular weight excluding hydrogens is 497 g/mol. The van der Waals surface area contributed by atoms with Crippen LogP contribution in [0.15, 0.2) is 74.0 Å². The number of aryl methyl sites for hydroxylation is 1. The Kier molecular flexibility index (Phi) is 6.07. The third-order valence-corrected chi connectivity index (χ3v) is 8.16. The number of aliphatic hydroxyl groups is 1. The first kappa shape index (κ1) is 22.5. The van der Waals surface area contributed by atoms with Crippen molar-refractivity contribution in [2.75, 3.05) is 4.90 Å². The quantitative estimate of drug-likeness (QED) is 0.192. The number of nitrogens with zero attached hydrogens (tertiary/aromatic N) is 3. The molecule has 5 rings (SSSR count). The zero-order valence-electron chi connectivity index (χ0n) is 17.6. The Balaban J connectivity index is 1.45. The van der Waals surface area contributed by atoms with Gasteiger partial charge in [0.15, 0.2) is 15.9 Å². The van der Waals surface area contributed by atoms with Crippen molar-refractivity contribution in [2.45, 2.75) is 23.1 Å². The van der Waals surface area contributed by atoms with E-state index in [0.717, 1.165) is 5.56 Å². The number of rotatable bonds is 7. The molecule has 4 heterocycles. The first-order valence-corrected chi connectivity index (χ1v) is 12.7. The van der Waals surface area contributed by atoms with Crippen molar-refractivity contribution in [1.29, 1.82) is 0 Å². The minimum atomic E-state index is -0.853. The second-order valence-corrected chi connectivity index (χ2v) is 10.5. The van der Waals surface area contributed by atoms with Gasteiger partial charge in [-0.2, -0.15) is 0 Å². The van der Waals surface area contributed by atoms with Gasteiger partial charge in [0.2, 0.25) is 10.9 Å². The summed E-state index contributed by atoms with van der Waals surface area (Å²) < 4.78 is 19.2. The van der Waals surface area contributed by atoms with E-state index in [0.29, 0.717) is 20.7 Å². The van der Waals surface area contributed by atoms with E-state index in [9.17, 15) is 19.1 Å². The molecule has 0 saturated carbocycles. The number of Topliss-reactive ketones (excluding diaryl/α,β-unsaturated/α-hetero) is 1. The molecule has 7 nitrogen and oxygen atoms in total. The molecule has 1 N–H and O–H groups in total. The van der Waals surface area contributed by atoms with E-state index in [1.807, 2.05) is 5.38 Å². The van der Waals surface area contributed by atoms with Gasteiger partial charge in [0.25, 0.3) is 5.91 Å². The van der Waals surface area contributed by atoms with Crippen molar-refractivity contribution in [3.63, 3.8) is 0 Å². The van der Waals surface area contributed by atoms with E-state index in [-0.39, 0.29) is 22.3 Å². The number of amides is 1. The average molecular weight is 514 g/mol. The number of anilines is 1. The standard InChI is InChI=1S/C23H16FN3O4S3/c1-12-4-9-15(31-12)19(28)17-18(16-3-2-10-32-16)27(21(30)20(17)29)22-25-26-23(34-22)33-11-13-5-7-14(24)8-6-13/h2-10,18,29H,11H2,1H3. The number of hydrogen-bond donors (Lipinski definition) is 1. The Labute approximate surface area is 205 Å². The van der Waals surface area contributed by atoms with Crippen molar-refractivity contribution in [1.82, 2.24) is 10.2 Å². The lowest BCUT2D eigenvalue weighted by Crippen LogP contribution is -2.30. The topological polar surface area (TPSA) is 96.5 Å². The van der Waals surface area contributed by atoms with E-state index >= 15 is 0 Å². The fourth-order valence-electron chi connectivity index (χ4n) is 3.52. The molecule has 1 amide bonds. The van der Waals surface area contributed by atoms with Crippen LogP contribution in [-0.2, 0) is 10.5 Å². The summed E-state index contributed by atoms with van der Waals surface area (Å²) >= 11 is 3.93. The molecule has 0 saturated heterocycles. The molecule has 1 aliphatic rings. The Morgan fingerprint density at radius 1 is 1.21 bits per heavy atom. The largest absolute Gasteiger partial charge is 0.503 e. The molecule has 1 aromatic carbocycles. The number of carbonyl (C=O) groups is 2. The Hall–Kier alpha value is -3.28. The molecular formula is C23H16FN3O4S3. The van der Waals surface area contributed by atoms with Gasteiger partial charge >= 0.3 is 0 Å². The van der Waals surface area contributed by atoms with E-state index < -0.39 is 23.5 Å². The summed E-state index contributed by atoms with van der Waals surface area (Å²) in [5.41, 5.74) is 0.857. The number of thiophene rings is 1. The number of carbonyl (C=O) groups excluding carboxylic acids is 2. The molecule has 0 aliphatic carbocycles. The lowest BCUT2D eigenvalue weighted by Gasteiger charge is -2.22. The zero-order valence-corrected chi connectivity index (χ0v) is 20.0. The maximum atomic E-state index is 13.2. The van der Waals surface area contributed by atoms with Crippen LogP contribution in [0.2, 0.25) is 0 Å². The number of furan rings is 1. The number of thioether (sulfide) groups is 1. The molecule has 0 fully saturated rings. The van der Waals surface area contributed by atoms with Crippen LogP contribution in [0.5, 0.6) is 0 Å². The molecule has 172 valence electrons. The van der Waals surface area contributed by atoms with Crippen molar-refractivity contribution in [2.24, 2.45) is 0 Å². The van der Waals surface area contributed by atoms with Gasteiger partial charge in [0.05, 0.1) is 5.57 Å². The highest BCUT2D eigenvalue weighted by Crippen LogP contribution is 2.45. The molecule has 1 atom stereocenters. The van der Waals surface area contributed by atoms with Gasteiger partial charge in [-0.05, 0) is 48.2 Å². The van der Waals surface area contributed by atoms with Crippen LogP contribution in [0.1, 0.15) is 32.8 Å². The number of benzene rings is 1. The highest BCUT2D eigenvalue weighted by atomic mass is 32.2. The summed E-state index contributed by atoms with van der Waals surface area (Å²) in [5, 5.41) is 21.1. The van der Waals surface area contributed by atoms with Crippen LogP contribution in [-0.4, -0.2) is 27.0 Å². The van der Waals surface area contributed by atoms with Crippen molar-refractivity contribution in [3.05, 3.63) is 93.0 Å². The smallest absolute Gasteiger partial charge is 0.296 e. The van der Waals surface area contributed by atoms with E-state index in [2.05, 4.69) is 10.2 Å². The van der Waals surface area contributed by atoms with Gasteiger partial charge < -0.3 is 9.52 Å². The molecule has 0 spiro atoms. The first-order valence-electron chi connectivity index (χ1n) is 10.0. The van der Waals surface area contributed by atoms with E-state index in [1.165, 1.54) is 57.5 Å². The molecule has 1 unspecified atom stereocenters. The Morgan fingerprint density at radius 3 is 2.68 bits per heavy atom. The normalized spacial score (nSPS) is 16.0. The molecule has 34 heavy (non-hydrogen) atoms. The number of aliphatic hydroxyl groups excluding tert-OH is 1. The summed E-state index contributed by atoms with van der Waals surface area (Å²) in [5.74, 6) is -1.09. The van der Waals surface area contributed by atoms with Crippen LogP contribution >= 0.6 is 34.4 Å². The second kappa shape index (κ2) is 9.16. The van der Waals surface area contributed by atoms with Crippen molar-refractivity contribution >= 4 is 51.3 Å². The van der Waals surface area contributed by atoms with Gasteiger partial charge in [-0.15, -0.1) is 21.5 Å². The fourth-order valence-corrected chi connectivity index (χ4v) is 6.17. The molecule has 0 radical (unpaired) electrons. The fraction of sp³-hybridized carbons (Fsp3) is 0.130. The van der Waals surface area contributed by atoms with Crippen LogP contribution in [0, 0.1) is 12.7 Å². The second-order valence-electron chi connectivity index (χ2n) is 7.36. The molecule has 4 aromatic rings. The first-order chi connectivity index (χ1) is 16.4. The number of ketones is 1. The average Bonchev–Trinajstić information content (AvgIpc) is 3.62. The van der Waals surface area contributed by atoms with Gasteiger partial charge in [0, 0.05) is 10.6 Å². The summed E-state index contributed by atoms with van der Waals surface area (Å²) in [6.07, 6.45) is 0. The number of halogens is 1. The predicted octanol–water partition coefficient (Wildman–Crippen LogP) is 5.72. The minimum Gasteiger partial charge on any atom is -0.503 e. The summed E-state index contributed by atoms with van der Waals surface area (Å²) in [7, 11) is 0. The highest BCUT2D eigenvalue weighted by Gasteiger charge is 2.47. The monoisotopic (exact) mass is 513 g/mol. The lowest BCUT2D eigenvalue weighted by molar-refractivity contribution is -0.117. The van der Waals surface area contributed by atoms with E-state index in [1.54, 1.807) is 37.3 Å². The van der Waals surface area contributed by atoms with Crippen molar-refractivity contribution < 1.29 is 23.5 Å². The van der Waals surface area contributed by atoms with Crippen LogP contribution < -0.4 is 4.90 Å². The summed E-state index contributed by atoms with van der Waals surface area (Å²) in [4.78, 5) is 28.3. The summed E-state index contributed by atoms with van der Waals surface area (Å²) in [6.45, 7) is 1.71. The Bertz CT molecular complexity index is 1390. The third kappa shape index (κ3) is 4.17. The molecule has 3 aromatic heterocycles. The van der Waals surface area contributed by atoms with Gasteiger partial charge in [-0.1, -0.05) is 41.3 Å². The van der Waals surface area contributed by atoms with Crippen molar-refractivity contribution in [3.8, 4) is 0 Å². The lowest BCUT2D eigenvalue weighted by atomic mass is 10.0. The maximum absolute atomic E-state index is 13.2. The van der Waals surface area contributed by atoms with Gasteiger partial charge in [-0.25, -0.2) is 4.39 Å². The molecule has 11 heteroatoms. The number of aromatic nitrogens is 2. The van der Waals surface area contributed by atoms with Crippen LogP contribution in [0.3, 0.4) is 0 Å². The SMILES string of the molecule is Cc1ccc(C(=O)C2=C(O)C(=O)N(c3nnc(SCc4ccc(F)cc4)s3)C2c2cccs2)o1. The minimum absolute atomic E-state index is 0.0445. The van der Waals surface area contributed by atoms with Crippen LogP contribution in [0.25, 0.3) is 0 Å². The van der Waals surface area contributed by atoms with Crippen LogP contribution in [0.4, 0.5) is 9.52 Å². The highest BCUT2D eigenvalue weighted by molar-refractivity contribution is 8.00. The molecule has 0 bridgehead atoms. The van der Waals surface area contributed by atoms with E-state index in [4.69, 9.17) is 4.42 Å². The zero-order chi connectivity index (χ0) is 23.8. The molecule has 1 aliphatic heterocycles. The van der Waals surface area contributed by atoms with Gasteiger partial charge in [0.1, 0.15) is 17.6 Å². The maximum Gasteiger partial charge on any atom is 0.296 e. The Morgan fingerprint density at radius 2 is 2.00 bits per heavy atom. The number of hydrogen-bond acceptors (Lipinski definition) is 9.